The molecule has 0 aliphatic rings. The summed E-state index contributed by atoms with van der Waals surface area (Å²) in [5, 5.41) is -3.48. The predicted octanol–water partition coefficient (Wildman–Crippen LogP) is -1.68. The number of fused-ring (bicyclic) bond motifs is 1. The summed E-state index contributed by atoms with van der Waals surface area (Å²) in [6.07, 6.45) is 0. The first-order valence-electron chi connectivity index (χ1n) is 7.22. The van der Waals surface area contributed by atoms with Gasteiger partial charge < -0.3 is 0 Å². The largest absolute Gasteiger partial charge is 0.297 e. The number of benzene rings is 2. The van der Waals surface area contributed by atoms with Gasteiger partial charge in [-0.25, -0.2) is 0 Å². The Kier molecular flexibility index (Phi) is 6.54. The van der Waals surface area contributed by atoms with E-state index in [0.29, 0.717) is 0 Å². The minimum atomic E-state index is -6.30. The molecule has 0 amide bonds. The Morgan fingerprint density at radius 2 is 0.618 bits per heavy atom. The maximum atomic E-state index is 12.0. The normalized spacial score (nSPS) is 14.4. The van der Waals surface area contributed by atoms with Crippen molar-refractivity contribution in [2.75, 3.05) is 0 Å². The van der Waals surface area contributed by atoms with E-state index in [1.165, 1.54) is 0 Å². The lowest BCUT2D eigenvalue weighted by Crippen LogP contribution is -2.19. The molecule has 2 aromatic rings. The summed E-state index contributed by atoms with van der Waals surface area (Å²) in [5.41, 5.74) is 0. The summed E-state index contributed by atoms with van der Waals surface area (Å²) in [6, 6.07) is -0.445. The molecule has 0 atom stereocenters. The van der Waals surface area contributed by atoms with Crippen LogP contribution in [0.25, 0.3) is 10.8 Å². The van der Waals surface area contributed by atoms with Crippen molar-refractivity contribution >= 4 is 71.5 Å². The molecule has 0 aliphatic carbocycles. The number of hydrogen-bond donors (Lipinski definition) is 6. The minimum absolute atomic E-state index is 0.223. The van der Waals surface area contributed by atoms with E-state index in [0.717, 1.165) is 0 Å². The second-order valence-corrected chi connectivity index (χ2v) is 14.2. The number of hydrogen-bond acceptors (Lipinski definition) is 12. The highest BCUT2D eigenvalue weighted by molar-refractivity contribution is 7.91. The van der Waals surface area contributed by atoms with Gasteiger partial charge in [-0.3, -0.25) is 27.3 Å². The molecule has 6 N–H and O–H groups in total. The van der Waals surface area contributed by atoms with Gasteiger partial charge in [0.1, 0.15) is 29.4 Å². The molecule has 24 heteroatoms. The van der Waals surface area contributed by atoms with Crippen molar-refractivity contribution in [3.8, 4) is 0 Å². The average Bonchev–Trinajstić information content (AvgIpc) is 2.53. The van der Waals surface area contributed by atoms with E-state index in [1.54, 1.807) is 0 Å². The minimum Gasteiger partial charge on any atom is -0.282 e. The molecular weight excluding hydrogens is 600 g/mol. The molecule has 0 radical (unpaired) electrons. The summed E-state index contributed by atoms with van der Waals surface area (Å²) < 4.78 is 198. The predicted molar refractivity (Wildman–Crippen MR) is 103 cm³/mol. The van der Waals surface area contributed by atoms with Crippen LogP contribution < -0.4 is 0 Å². The third-order valence-electron chi connectivity index (χ3n) is 3.76. The van der Waals surface area contributed by atoms with E-state index >= 15 is 0 Å². The van der Waals surface area contributed by atoms with Crippen molar-refractivity contribution in [2.45, 2.75) is 29.4 Å². The Morgan fingerprint density at radius 3 is 0.794 bits per heavy atom. The highest BCUT2D eigenvalue weighted by atomic mass is 32.2. The Hall–Kier alpha value is -1.84. The van der Waals surface area contributed by atoms with Gasteiger partial charge in [0.25, 0.3) is 60.7 Å². The fourth-order valence-electron chi connectivity index (χ4n) is 2.78. The van der Waals surface area contributed by atoms with Gasteiger partial charge in [0.15, 0.2) is 0 Å². The van der Waals surface area contributed by atoms with Gasteiger partial charge in [0.2, 0.25) is 0 Å². The van der Waals surface area contributed by atoms with E-state index in [4.69, 9.17) is 0 Å². The van der Waals surface area contributed by atoms with Gasteiger partial charge >= 0.3 is 0 Å². The lowest BCUT2D eigenvalue weighted by Gasteiger charge is -2.17. The molecular formula is C10H8O18S6. The molecule has 2 rings (SSSR count). The third-order valence-corrected chi connectivity index (χ3v) is 9.76. The average molecular weight is 609 g/mol. The molecule has 0 spiro atoms. The Labute approximate surface area is 190 Å². The summed E-state index contributed by atoms with van der Waals surface area (Å²) in [4.78, 5) is -14.1. The van der Waals surface area contributed by atoms with Crippen LogP contribution >= 0.6 is 0 Å². The first-order chi connectivity index (χ1) is 14.7. The van der Waals surface area contributed by atoms with Crippen LogP contribution in [0, 0.1) is 0 Å². The Bertz CT molecular complexity index is 1770. The molecule has 2 aromatic carbocycles. The fourth-order valence-corrected chi connectivity index (χ4v) is 9.67. The maximum absolute atomic E-state index is 12.0. The van der Waals surface area contributed by atoms with Crippen LogP contribution in [0.5, 0.6) is 0 Å². The SMILES string of the molecule is O=S(=O)(O)c1cc2cc(S(=O)(=O)O)c(S(=O)(=O)O)c(S(=O)(=O)O)c2c(S(=O)(=O)O)c1S(=O)(=O)O. The monoisotopic (exact) mass is 608 g/mol. The summed E-state index contributed by atoms with van der Waals surface area (Å²) in [5.74, 6) is 0. The fraction of sp³-hybridized carbons (Fsp3) is 0. The van der Waals surface area contributed by atoms with Crippen molar-refractivity contribution < 1.29 is 77.8 Å². The zero-order valence-corrected chi connectivity index (χ0v) is 20.1. The lowest BCUT2D eigenvalue weighted by molar-refractivity contribution is 0.454. The van der Waals surface area contributed by atoms with Crippen molar-refractivity contribution in [2.24, 2.45) is 0 Å². The van der Waals surface area contributed by atoms with E-state index in [9.17, 15) is 77.8 Å². The molecule has 192 valence electrons. The standard InChI is InChI=1S/C10H8O18S6/c11-29(12,13)4-1-3-2-5(30(14,15)16)8(32(20,21)22)10(34(26,27)28)6(3)9(33(23,24)25)7(4)31(17,18)19/h1-2H,(H,11,12,13)(H,14,15,16)(H,17,18,19)(H,20,21,22)(H,23,24,25)(H,26,27,28). The molecule has 0 saturated heterocycles. The lowest BCUT2D eigenvalue weighted by atomic mass is 10.1. The molecule has 0 heterocycles. The quantitative estimate of drug-likeness (QED) is 0.199. The molecule has 0 aliphatic heterocycles. The van der Waals surface area contributed by atoms with Crippen LogP contribution in [-0.2, 0) is 60.7 Å². The van der Waals surface area contributed by atoms with Crippen LogP contribution in [0.15, 0.2) is 41.5 Å². The Morgan fingerprint density at radius 1 is 0.382 bits per heavy atom. The van der Waals surface area contributed by atoms with Crippen LogP contribution in [0.1, 0.15) is 0 Å². The number of rotatable bonds is 6. The van der Waals surface area contributed by atoms with Gasteiger partial charge in [-0.2, -0.15) is 50.5 Å². The molecule has 0 unspecified atom stereocenters. The highest BCUT2D eigenvalue weighted by Gasteiger charge is 2.41. The van der Waals surface area contributed by atoms with Crippen molar-refractivity contribution in [3.05, 3.63) is 12.1 Å². The van der Waals surface area contributed by atoms with Gasteiger partial charge in [-0.05, 0) is 17.5 Å². The molecule has 0 aromatic heterocycles. The van der Waals surface area contributed by atoms with Gasteiger partial charge in [-0.1, -0.05) is 0 Å². The zero-order chi connectivity index (χ0) is 27.0. The van der Waals surface area contributed by atoms with Gasteiger partial charge in [-0.15, -0.1) is 0 Å². The first kappa shape index (κ1) is 28.4. The Balaban J connectivity index is 3.84. The highest BCUT2D eigenvalue weighted by Crippen LogP contribution is 2.43. The van der Waals surface area contributed by atoms with Crippen LogP contribution in [0.4, 0.5) is 0 Å². The zero-order valence-electron chi connectivity index (χ0n) is 15.2. The van der Waals surface area contributed by atoms with Crippen LogP contribution in [0.2, 0.25) is 0 Å². The van der Waals surface area contributed by atoms with Crippen molar-refractivity contribution in [3.63, 3.8) is 0 Å². The molecule has 0 fully saturated rings. The van der Waals surface area contributed by atoms with E-state index < -0.39 is 101 Å². The van der Waals surface area contributed by atoms with E-state index in [1.807, 2.05) is 0 Å². The van der Waals surface area contributed by atoms with Gasteiger partial charge in [0, 0.05) is 5.39 Å². The topological polar surface area (TPSA) is 326 Å². The second-order valence-electron chi connectivity index (χ2n) is 6.01. The second kappa shape index (κ2) is 7.83. The molecule has 34 heavy (non-hydrogen) atoms. The van der Waals surface area contributed by atoms with E-state index in [-0.39, 0.29) is 12.1 Å². The van der Waals surface area contributed by atoms with Crippen molar-refractivity contribution in [1.82, 2.24) is 0 Å². The smallest absolute Gasteiger partial charge is 0.282 e. The summed E-state index contributed by atoms with van der Waals surface area (Å²) >= 11 is 0. The van der Waals surface area contributed by atoms with Crippen LogP contribution in [0.3, 0.4) is 0 Å². The molecule has 0 saturated carbocycles. The van der Waals surface area contributed by atoms with Crippen molar-refractivity contribution in [1.29, 1.82) is 0 Å². The molecule has 18 nitrogen and oxygen atoms in total. The third kappa shape index (κ3) is 5.21. The summed E-state index contributed by atoms with van der Waals surface area (Å²) in [6.45, 7) is 0. The van der Waals surface area contributed by atoms with Gasteiger partial charge in [0.05, 0.1) is 0 Å². The maximum Gasteiger partial charge on any atom is 0.297 e. The van der Waals surface area contributed by atoms with E-state index in [2.05, 4.69) is 0 Å². The van der Waals surface area contributed by atoms with Crippen LogP contribution in [-0.4, -0.2) is 77.8 Å². The molecule has 0 bridgehead atoms. The first-order valence-corrected chi connectivity index (χ1v) is 15.9. The summed E-state index contributed by atoms with van der Waals surface area (Å²) in [7, 11) is -36.9.